The summed E-state index contributed by atoms with van der Waals surface area (Å²) in [5.74, 6) is -0.166. The molecule has 0 radical (unpaired) electrons. The van der Waals surface area contributed by atoms with Crippen LogP contribution in [0, 0.1) is 0 Å². The summed E-state index contributed by atoms with van der Waals surface area (Å²) in [4.78, 5) is 15.2. The van der Waals surface area contributed by atoms with Crippen LogP contribution < -0.4 is 10.1 Å². The number of carboxylic acids is 1. The van der Waals surface area contributed by atoms with Crippen LogP contribution in [0.1, 0.15) is 10.4 Å². The van der Waals surface area contributed by atoms with Crippen LogP contribution in [0.25, 0.3) is 0 Å². The van der Waals surface area contributed by atoms with Crippen LogP contribution in [0.5, 0.6) is 5.75 Å². The molecule has 2 rings (SSSR count). The van der Waals surface area contributed by atoms with Gasteiger partial charge in [0, 0.05) is 10.7 Å². The first-order chi connectivity index (χ1) is 9.11. The molecule has 0 aliphatic rings. The Morgan fingerprint density at radius 3 is 2.89 bits per heavy atom. The predicted molar refractivity (Wildman–Crippen MR) is 75.2 cm³/mol. The van der Waals surface area contributed by atoms with Crippen LogP contribution in [0.3, 0.4) is 0 Å². The number of anilines is 2. The number of halogens is 1. The Hall–Kier alpha value is -2.08. The number of nitrogens with zero attached hydrogens (tertiary/aromatic N) is 1. The molecule has 5 nitrogen and oxygen atoms in total. The molecule has 0 saturated heterocycles. The van der Waals surface area contributed by atoms with Crippen molar-refractivity contribution in [2.24, 2.45) is 0 Å². The number of aromatic nitrogens is 1. The molecule has 2 aromatic rings. The maximum absolute atomic E-state index is 11.1. The molecule has 1 heterocycles. The smallest absolute Gasteiger partial charge is 0.339 e. The van der Waals surface area contributed by atoms with Gasteiger partial charge in [-0.25, -0.2) is 9.78 Å². The van der Waals surface area contributed by atoms with E-state index in [1.165, 1.54) is 12.3 Å². The van der Waals surface area contributed by atoms with Gasteiger partial charge in [0.2, 0.25) is 0 Å². The van der Waals surface area contributed by atoms with Gasteiger partial charge < -0.3 is 15.2 Å². The highest BCUT2D eigenvalue weighted by Gasteiger charge is 2.12. The minimum absolute atomic E-state index is 0.101. The van der Waals surface area contributed by atoms with E-state index in [1.807, 2.05) is 6.07 Å². The first kappa shape index (κ1) is 13.4. The molecule has 0 spiro atoms. The molecule has 0 amide bonds. The molecule has 2 N–H and O–H groups in total. The van der Waals surface area contributed by atoms with Gasteiger partial charge in [-0.05, 0) is 30.3 Å². The fraction of sp³-hybridized carbons (Fsp3) is 0.0769. The number of nitrogens with one attached hydrogen (secondary N) is 1. The molecule has 6 heteroatoms. The summed E-state index contributed by atoms with van der Waals surface area (Å²) in [6.45, 7) is 0. The average molecular weight is 323 g/mol. The second-order valence-corrected chi connectivity index (χ2v) is 4.59. The fourth-order valence-corrected chi connectivity index (χ4v) is 1.94. The molecular formula is C13H11BrN2O3. The van der Waals surface area contributed by atoms with Crippen molar-refractivity contribution in [2.45, 2.75) is 0 Å². The Morgan fingerprint density at radius 2 is 2.21 bits per heavy atom. The first-order valence-electron chi connectivity index (χ1n) is 5.40. The van der Waals surface area contributed by atoms with Crippen molar-refractivity contribution in [1.29, 1.82) is 0 Å². The van der Waals surface area contributed by atoms with Crippen LogP contribution in [0.4, 0.5) is 11.5 Å². The van der Waals surface area contributed by atoms with Crippen molar-refractivity contribution in [1.82, 2.24) is 4.98 Å². The minimum Gasteiger partial charge on any atom is -0.495 e. The zero-order valence-corrected chi connectivity index (χ0v) is 11.6. The summed E-state index contributed by atoms with van der Waals surface area (Å²) in [5, 5.41) is 12.1. The summed E-state index contributed by atoms with van der Waals surface area (Å²) in [6.07, 6.45) is 1.53. The number of rotatable bonds is 4. The molecule has 0 unspecified atom stereocenters. The monoisotopic (exact) mass is 322 g/mol. The molecule has 0 saturated carbocycles. The lowest BCUT2D eigenvalue weighted by Gasteiger charge is -2.12. The highest BCUT2D eigenvalue weighted by atomic mass is 79.9. The number of ether oxygens (including phenoxy) is 1. The van der Waals surface area contributed by atoms with Gasteiger partial charge in [-0.3, -0.25) is 0 Å². The van der Waals surface area contributed by atoms with E-state index in [2.05, 4.69) is 26.2 Å². The van der Waals surface area contributed by atoms with E-state index in [-0.39, 0.29) is 11.4 Å². The van der Waals surface area contributed by atoms with E-state index in [9.17, 15) is 4.79 Å². The van der Waals surface area contributed by atoms with Crippen molar-refractivity contribution < 1.29 is 14.6 Å². The van der Waals surface area contributed by atoms with Gasteiger partial charge in [0.1, 0.15) is 17.1 Å². The molecule has 98 valence electrons. The molecule has 0 fully saturated rings. The molecule has 0 atom stereocenters. The summed E-state index contributed by atoms with van der Waals surface area (Å²) in [5.41, 5.74) is 0.739. The van der Waals surface area contributed by atoms with Crippen molar-refractivity contribution in [2.75, 3.05) is 12.4 Å². The molecule has 1 aromatic heterocycles. The SMILES string of the molecule is COc1ccc(Br)cc1Nc1ncccc1C(=O)O. The average Bonchev–Trinajstić information content (AvgIpc) is 2.39. The first-order valence-corrected chi connectivity index (χ1v) is 6.20. The van der Waals surface area contributed by atoms with Crippen LogP contribution in [-0.4, -0.2) is 23.2 Å². The summed E-state index contributed by atoms with van der Waals surface area (Å²) < 4.78 is 6.06. The zero-order valence-electron chi connectivity index (χ0n) is 10.1. The third kappa shape index (κ3) is 3.03. The number of carboxylic acid groups (broad SMARTS) is 1. The van der Waals surface area contributed by atoms with Crippen molar-refractivity contribution in [3.05, 3.63) is 46.6 Å². The summed E-state index contributed by atoms with van der Waals surface area (Å²) >= 11 is 3.35. The number of benzene rings is 1. The quantitative estimate of drug-likeness (QED) is 0.903. The second kappa shape index (κ2) is 5.71. The molecule has 19 heavy (non-hydrogen) atoms. The Kier molecular flexibility index (Phi) is 4.01. The lowest BCUT2D eigenvalue weighted by Crippen LogP contribution is -2.05. The molecule has 1 aromatic carbocycles. The molecule has 0 aliphatic heterocycles. The van der Waals surface area contributed by atoms with Crippen LogP contribution in [0.2, 0.25) is 0 Å². The largest absolute Gasteiger partial charge is 0.495 e. The summed E-state index contributed by atoms with van der Waals surface area (Å²) in [7, 11) is 1.55. The molecule has 0 bridgehead atoms. The van der Waals surface area contributed by atoms with Crippen LogP contribution in [0.15, 0.2) is 41.0 Å². The highest BCUT2D eigenvalue weighted by molar-refractivity contribution is 9.10. The number of hydrogen-bond donors (Lipinski definition) is 2. The van der Waals surface area contributed by atoms with Gasteiger partial charge >= 0.3 is 5.97 Å². The highest BCUT2D eigenvalue weighted by Crippen LogP contribution is 2.30. The Labute approximate surface area is 118 Å². The van der Waals surface area contributed by atoms with Gasteiger partial charge in [0.25, 0.3) is 0 Å². The Balaban J connectivity index is 2.41. The normalized spacial score (nSPS) is 10.0. The van der Waals surface area contributed by atoms with E-state index in [4.69, 9.17) is 9.84 Å². The number of methoxy groups -OCH3 is 1. The van der Waals surface area contributed by atoms with Gasteiger partial charge in [0.05, 0.1) is 12.8 Å². The van der Waals surface area contributed by atoms with Crippen molar-refractivity contribution in [3.8, 4) is 5.75 Å². The lowest BCUT2D eigenvalue weighted by atomic mass is 10.2. The third-order valence-corrected chi connectivity index (χ3v) is 2.95. The Bertz CT molecular complexity index is 617. The molecule has 0 aliphatic carbocycles. The van der Waals surface area contributed by atoms with E-state index < -0.39 is 5.97 Å². The maximum Gasteiger partial charge on any atom is 0.339 e. The number of hydrogen-bond acceptors (Lipinski definition) is 4. The topological polar surface area (TPSA) is 71.5 Å². The van der Waals surface area contributed by atoms with Crippen molar-refractivity contribution >= 4 is 33.4 Å². The molecular weight excluding hydrogens is 312 g/mol. The van der Waals surface area contributed by atoms with Crippen LogP contribution in [-0.2, 0) is 0 Å². The standard InChI is InChI=1S/C13H11BrN2O3/c1-19-11-5-4-8(14)7-10(11)16-12-9(13(17)18)3-2-6-15-12/h2-7H,1H3,(H,15,16)(H,17,18). The second-order valence-electron chi connectivity index (χ2n) is 3.67. The van der Waals surface area contributed by atoms with Gasteiger partial charge in [-0.2, -0.15) is 0 Å². The summed E-state index contributed by atoms with van der Waals surface area (Å²) in [6, 6.07) is 8.46. The van der Waals surface area contributed by atoms with E-state index in [0.717, 1.165) is 4.47 Å². The zero-order chi connectivity index (χ0) is 13.8. The fourth-order valence-electron chi connectivity index (χ4n) is 1.58. The number of aromatic carboxylic acids is 1. The van der Waals surface area contributed by atoms with Gasteiger partial charge in [-0.15, -0.1) is 0 Å². The van der Waals surface area contributed by atoms with Gasteiger partial charge in [0.15, 0.2) is 0 Å². The van der Waals surface area contributed by atoms with E-state index in [1.54, 1.807) is 25.3 Å². The number of pyridine rings is 1. The maximum atomic E-state index is 11.1. The van der Waals surface area contributed by atoms with E-state index >= 15 is 0 Å². The van der Waals surface area contributed by atoms with Gasteiger partial charge in [-0.1, -0.05) is 15.9 Å². The lowest BCUT2D eigenvalue weighted by molar-refractivity contribution is 0.0697. The van der Waals surface area contributed by atoms with E-state index in [0.29, 0.717) is 11.4 Å². The Morgan fingerprint density at radius 1 is 1.42 bits per heavy atom. The number of carbonyl (C=O) groups is 1. The minimum atomic E-state index is -1.04. The van der Waals surface area contributed by atoms with Crippen LogP contribution >= 0.6 is 15.9 Å². The predicted octanol–water partition coefficient (Wildman–Crippen LogP) is 3.29. The third-order valence-electron chi connectivity index (χ3n) is 2.45. The van der Waals surface area contributed by atoms with Crippen molar-refractivity contribution in [3.63, 3.8) is 0 Å².